The fraction of sp³-hybridized carbons (Fsp3) is 0.800. The summed E-state index contributed by atoms with van der Waals surface area (Å²) in [5.74, 6) is 0.529. The molecule has 0 aliphatic heterocycles. The van der Waals surface area contributed by atoms with E-state index < -0.39 is 9.76 Å². The average molecular weight is 268 g/mol. The van der Waals surface area contributed by atoms with Crippen LogP contribution in [-0.4, -0.2) is 21.7 Å². The summed E-state index contributed by atoms with van der Waals surface area (Å²) < 4.78 is 6.24. The quantitative estimate of drug-likeness (QED) is 0.434. The number of carbonyl (C=O) groups is 1. The first-order valence-corrected chi connectivity index (χ1v) is 8.30. The Kier molecular flexibility index (Phi) is 5.35. The summed E-state index contributed by atoms with van der Waals surface area (Å²) in [5, 5.41) is 0.328. The molecule has 0 aromatic heterocycles. The van der Waals surface area contributed by atoms with E-state index >= 15 is 0 Å². The first-order chi connectivity index (χ1) is 8.24. The highest BCUT2D eigenvalue weighted by atomic mass is 28.2. The third-order valence-corrected chi connectivity index (χ3v) is 5.28. The van der Waals surface area contributed by atoms with Crippen LogP contribution in [0, 0.1) is 5.92 Å². The summed E-state index contributed by atoms with van der Waals surface area (Å²) in [7, 11) is -0.538. The Morgan fingerprint density at radius 1 is 1.39 bits per heavy atom. The second-order valence-electron chi connectivity index (χ2n) is 7.14. The van der Waals surface area contributed by atoms with Gasteiger partial charge in [-0.2, -0.15) is 0 Å². The Bertz CT molecular complexity index is 313. The Labute approximate surface area is 114 Å². The second kappa shape index (κ2) is 6.16. The molecule has 0 amide bonds. The summed E-state index contributed by atoms with van der Waals surface area (Å²) in [6.07, 6.45) is 7.37. The highest BCUT2D eigenvalue weighted by Gasteiger charge is 2.29. The molecule has 2 nitrogen and oxygen atoms in total. The van der Waals surface area contributed by atoms with E-state index in [1.807, 2.05) is 0 Å². The van der Waals surface area contributed by atoms with Gasteiger partial charge < -0.3 is 9.22 Å². The van der Waals surface area contributed by atoms with Crippen molar-refractivity contribution in [3.05, 3.63) is 11.6 Å². The van der Waals surface area contributed by atoms with Crippen LogP contribution in [0.15, 0.2) is 11.6 Å². The Balaban J connectivity index is 2.61. The van der Waals surface area contributed by atoms with Crippen molar-refractivity contribution in [3.8, 4) is 0 Å². The van der Waals surface area contributed by atoms with E-state index in [0.717, 1.165) is 25.5 Å². The molecule has 1 aliphatic carbocycles. The highest BCUT2D eigenvalue weighted by molar-refractivity contribution is 6.31. The lowest BCUT2D eigenvalue weighted by Gasteiger charge is -2.35. The molecule has 104 valence electrons. The summed E-state index contributed by atoms with van der Waals surface area (Å²) >= 11 is 0. The molecule has 0 heterocycles. The standard InChI is InChI=1S/C15H28O2Si/c1-14(2,3)18-17-15(4,5)13-8-6-7-12(11-13)9-10-16/h8,10,12H,6-7,9,11,18H2,1-5H3. The first kappa shape index (κ1) is 15.6. The zero-order chi connectivity index (χ0) is 13.8. The van der Waals surface area contributed by atoms with Gasteiger partial charge in [0.2, 0.25) is 0 Å². The van der Waals surface area contributed by atoms with E-state index in [-0.39, 0.29) is 5.60 Å². The minimum absolute atomic E-state index is 0.138. The summed E-state index contributed by atoms with van der Waals surface area (Å²) in [6.45, 7) is 11.1. The maximum atomic E-state index is 10.6. The van der Waals surface area contributed by atoms with Gasteiger partial charge in [-0.15, -0.1) is 0 Å². The van der Waals surface area contributed by atoms with Gasteiger partial charge in [-0.25, -0.2) is 0 Å². The van der Waals surface area contributed by atoms with Crippen molar-refractivity contribution in [3.63, 3.8) is 0 Å². The van der Waals surface area contributed by atoms with Crippen molar-refractivity contribution < 1.29 is 9.22 Å². The molecule has 0 bridgehead atoms. The maximum Gasteiger partial charge on any atom is 0.168 e. The van der Waals surface area contributed by atoms with Gasteiger partial charge in [0, 0.05) is 6.42 Å². The number of hydrogen-bond donors (Lipinski definition) is 0. The number of carbonyl (C=O) groups excluding carboxylic acids is 1. The monoisotopic (exact) mass is 268 g/mol. The molecule has 18 heavy (non-hydrogen) atoms. The molecule has 1 rings (SSSR count). The lowest BCUT2D eigenvalue weighted by atomic mass is 9.81. The molecule has 0 fully saturated rings. The van der Waals surface area contributed by atoms with Crippen LogP contribution in [0.4, 0.5) is 0 Å². The Morgan fingerprint density at radius 3 is 2.61 bits per heavy atom. The van der Waals surface area contributed by atoms with Crippen molar-refractivity contribution in [1.29, 1.82) is 0 Å². The van der Waals surface area contributed by atoms with Crippen LogP contribution in [0.5, 0.6) is 0 Å². The fourth-order valence-electron chi connectivity index (χ4n) is 2.31. The lowest BCUT2D eigenvalue weighted by molar-refractivity contribution is -0.108. The molecule has 0 aromatic rings. The Hall–Kier alpha value is -0.413. The zero-order valence-corrected chi connectivity index (χ0v) is 14.0. The SMILES string of the molecule is CC(C)(C)[SiH2]OC(C)(C)C1=CCCC(CC=O)C1. The van der Waals surface area contributed by atoms with Gasteiger partial charge in [0.05, 0.1) is 5.60 Å². The van der Waals surface area contributed by atoms with Crippen molar-refractivity contribution in [2.45, 2.75) is 70.9 Å². The van der Waals surface area contributed by atoms with Gasteiger partial charge in [-0.1, -0.05) is 26.8 Å². The zero-order valence-electron chi connectivity index (χ0n) is 12.6. The van der Waals surface area contributed by atoms with Crippen molar-refractivity contribution in [2.24, 2.45) is 5.92 Å². The van der Waals surface area contributed by atoms with Crippen molar-refractivity contribution in [1.82, 2.24) is 0 Å². The van der Waals surface area contributed by atoms with Crippen molar-refractivity contribution in [2.75, 3.05) is 0 Å². The number of allylic oxidation sites excluding steroid dienone is 1. The predicted octanol–water partition coefficient (Wildman–Crippen LogP) is 3.40. The van der Waals surface area contributed by atoms with Gasteiger partial charge in [0.25, 0.3) is 0 Å². The third kappa shape index (κ3) is 5.07. The maximum absolute atomic E-state index is 10.6. The summed E-state index contributed by atoms with van der Waals surface area (Å²) in [4.78, 5) is 10.6. The first-order valence-electron chi connectivity index (χ1n) is 7.02. The number of hydrogen-bond acceptors (Lipinski definition) is 2. The highest BCUT2D eigenvalue weighted by Crippen LogP contribution is 2.35. The van der Waals surface area contributed by atoms with Crippen LogP contribution in [-0.2, 0) is 9.22 Å². The van der Waals surface area contributed by atoms with E-state index in [1.54, 1.807) is 0 Å². The van der Waals surface area contributed by atoms with Crippen LogP contribution in [0.3, 0.4) is 0 Å². The molecule has 3 heteroatoms. The molecule has 0 saturated heterocycles. The summed E-state index contributed by atoms with van der Waals surface area (Å²) in [6, 6.07) is 0. The third-order valence-electron chi connectivity index (χ3n) is 3.54. The number of aldehydes is 1. The second-order valence-corrected chi connectivity index (χ2v) is 9.84. The van der Waals surface area contributed by atoms with Crippen LogP contribution in [0.25, 0.3) is 0 Å². The van der Waals surface area contributed by atoms with E-state index in [9.17, 15) is 4.79 Å². The van der Waals surface area contributed by atoms with Gasteiger partial charge in [0.1, 0.15) is 6.29 Å². The fourth-order valence-corrected chi connectivity index (χ4v) is 3.29. The van der Waals surface area contributed by atoms with E-state index in [4.69, 9.17) is 4.43 Å². The van der Waals surface area contributed by atoms with E-state index in [1.165, 1.54) is 5.57 Å². The van der Waals surface area contributed by atoms with Crippen LogP contribution >= 0.6 is 0 Å². The van der Waals surface area contributed by atoms with Crippen LogP contribution in [0.2, 0.25) is 5.04 Å². The molecular weight excluding hydrogens is 240 g/mol. The largest absolute Gasteiger partial charge is 0.415 e. The van der Waals surface area contributed by atoms with Crippen molar-refractivity contribution >= 4 is 16.0 Å². The molecule has 0 saturated carbocycles. The molecule has 1 aliphatic rings. The normalized spacial score (nSPS) is 22.3. The van der Waals surface area contributed by atoms with Gasteiger partial charge >= 0.3 is 0 Å². The predicted molar refractivity (Wildman–Crippen MR) is 79.5 cm³/mol. The number of rotatable bonds is 5. The molecule has 1 atom stereocenters. The molecule has 0 radical (unpaired) electrons. The minimum Gasteiger partial charge on any atom is -0.415 e. The van der Waals surface area contributed by atoms with Gasteiger partial charge in [-0.3, -0.25) is 0 Å². The van der Waals surface area contributed by atoms with Crippen LogP contribution in [0.1, 0.15) is 60.3 Å². The lowest BCUT2D eigenvalue weighted by Crippen LogP contribution is -2.33. The average Bonchev–Trinajstić information content (AvgIpc) is 2.27. The molecule has 1 unspecified atom stereocenters. The topological polar surface area (TPSA) is 26.3 Å². The summed E-state index contributed by atoms with van der Waals surface area (Å²) in [5.41, 5.74) is 1.26. The molecule has 0 N–H and O–H groups in total. The Morgan fingerprint density at radius 2 is 2.06 bits per heavy atom. The van der Waals surface area contributed by atoms with Gasteiger partial charge in [0.15, 0.2) is 9.76 Å². The van der Waals surface area contributed by atoms with E-state index in [2.05, 4.69) is 40.7 Å². The molecular formula is C15H28O2Si. The smallest absolute Gasteiger partial charge is 0.168 e. The van der Waals surface area contributed by atoms with E-state index in [0.29, 0.717) is 17.4 Å². The minimum atomic E-state index is -0.538. The van der Waals surface area contributed by atoms with Gasteiger partial charge in [-0.05, 0) is 49.6 Å². The van der Waals surface area contributed by atoms with Crippen LogP contribution < -0.4 is 0 Å². The molecule has 0 spiro atoms. The molecule has 0 aromatic carbocycles.